The molecular formula is C20H23N3O2. The minimum absolute atomic E-state index is 0.122. The van der Waals surface area contributed by atoms with E-state index in [1.54, 1.807) is 19.2 Å². The van der Waals surface area contributed by atoms with Gasteiger partial charge in [-0.2, -0.15) is 0 Å². The van der Waals surface area contributed by atoms with Crippen molar-refractivity contribution in [3.8, 4) is 0 Å². The molecule has 3 rings (SSSR count). The zero-order chi connectivity index (χ0) is 17.6. The van der Waals surface area contributed by atoms with Gasteiger partial charge in [-0.15, -0.1) is 0 Å². The number of nitrogens with zero attached hydrogens (tertiary/aromatic N) is 1. The summed E-state index contributed by atoms with van der Waals surface area (Å²) in [5.41, 5.74) is 1.80. The molecule has 1 saturated carbocycles. The Morgan fingerprint density at radius 2 is 1.96 bits per heavy atom. The molecule has 2 N–H and O–H groups in total. The largest absolute Gasteiger partial charge is 0.352 e. The van der Waals surface area contributed by atoms with Gasteiger partial charge >= 0.3 is 0 Å². The van der Waals surface area contributed by atoms with E-state index in [0.29, 0.717) is 0 Å². The van der Waals surface area contributed by atoms with Gasteiger partial charge in [-0.25, -0.2) is 0 Å². The maximum Gasteiger partial charge on any atom is 0.244 e. The molecule has 130 valence electrons. The van der Waals surface area contributed by atoms with Gasteiger partial charge in [0.05, 0.1) is 5.52 Å². The molecule has 1 unspecified atom stereocenters. The molecule has 1 aromatic heterocycles. The van der Waals surface area contributed by atoms with E-state index in [0.717, 1.165) is 42.1 Å². The summed E-state index contributed by atoms with van der Waals surface area (Å²) in [6.07, 6.45) is 9.31. The molecule has 1 aliphatic rings. The van der Waals surface area contributed by atoms with Gasteiger partial charge in [0.2, 0.25) is 11.8 Å². The van der Waals surface area contributed by atoms with Crippen molar-refractivity contribution < 1.29 is 9.59 Å². The first kappa shape index (κ1) is 17.1. The third-order valence-electron chi connectivity index (χ3n) is 4.55. The molecule has 2 amide bonds. The lowest BCUT2D eigenvalue weighted by molar-refractivity contribution is -0.127. The number of benzene rings is 1. The third kappa shape index (κ3) is 4.44. The lowest BCUT2D eigenvalue weighted by Crippen LogP contribution is -2.47. The zero-order valence-corrected chi connectivity index (χ0v) is 14.4. The van der Waals surface area contributed by atoms with Crippen molar-refractivity contribution in [3.63, 3.8) is 0 Å². The van der Waals surface area contributed by atoms with Crippen molar-refractivity contribution in [2.75, 3.05) is 0 Å². The Morgan fingerprint density at radius 3 is 2.76 bits per heavy atom. The SMILES string of the molecule is CC(NC(=O)/C=C/c1ccnc2ccccc12)C(=O)NC1CCCC1. The highest BCUT2D eigenvalue weighted by Gasteiger charge is 2.21. The molecule has 0 aliphatic heterocycles. The molecule has 1 atom stereocenters. The van der Waals surface area contributed by atoms with Gasteiger partial charge in [0, 0.05) is 23.7 Å². The van der Waals surface area contributed by atoms with Crippen LogP contribution in [0.3, 0.4) is 0 Å². The molecule has 1 aromatic carbocycles. The lowest BCUT2D eigenvalue weighted by atomic mass is 10.1. The molecule has 1 heterocycles. The molecular weight excluding hydrogens is 314 g/mol. The van der Waals surface area contributed by atoms with Crippen molar-refractivity contribution in [2.45, 2.75) is 44.7 Å². The summed E-state index contributed by atoms with van der Waals surface area (Å²) < 4.78 is 0. The van der Waals surface area contributed by atoms with Crippen molar-refractivity contribution in [2.24, 2.45) is 0 Å². The smallest absolute Gasteiger partial charge is 0.244 e. The topological polar surface area (TPSA) is 71.1 Å². The van der Waals surface area contributed by atoms with E-state index in [-0.39, 0.29) is 17.9 Å². The molecule has 1 aliphatic carbocycles. The zero-order valence-electron chi connectivity index (χ0n) is 14.4. The Bertz CT molecular complexity index is 789. The lowest BCUT2D eigenvalue weighted by Gasteiger charge is -2.17. The van der Waals surface area contributed by atoms with Gasteiger partial charge < -0.3 is 10.6 Å². The first-order valence-corrected chi connectivity index (χ1v) is 8.76. The first-order chi connectivity index (χ1) is 12.1. The molecule has 1 fully saturated rings. The van der Waals surface area contributed by atoms with Crippen LogP contribution in [0, 0.1) is 0 Å². The highest BCUT2D eigenvalue weighted by molar-refractivity contribution is 5.97. The average Bonchev–Trinajstić information content (AvgIpc) is 3.12. The van der Waals surface area contributed by atoms with Gasteiger partial charge in [-0.1, -0.05) is 31.0 Å². The number of carbonyl (C=O) groups is 2. The fraction of sp³-hybridized carbons (Fsp3) is 0.350. The quantitative estimate of drug-likeness (QED) is 0.824. The third-order valence-corrected chi connectivity index (χ3v) is 4.55. The Hall–Kier alpha value is -2.69. The van der Waals surface area contributed by atoms with Crippen molar-refractivity contribution in [1.29, 1.82) is 0 Å². The standard InChI is InChI=1S/C20H23N3O2/c1-14(20(25)23-16-6-2-3-7-16)22-19(24)11-10-15-12-13-21-18-9-5-4-8-17(15)18/h4-5,8-14,16H,2-3,6-7H2,1H3,(H,22,24)(H,23,25)/b11-10+. The Labute approximate surface area is 147 Å². The van der Waals surface area contributed by atoms with Gasteiger partial charge in [-0.05, 0) is 43.5 Å². The van der Waals surface area contributed by atoms with Crippen LogP contribution < -0.4 is 10.6 Å². The molecule has 0 spiro atoms. The fourth-order valence-corrected chi connectivity index (χ4v) is 3.15. The van der Waals surface area contributed by atoms with Crippen molar-refractivity contribution >= 4 is 28.8 Å². The second kappa shape index (κ2) is 7.92. The van der Waals surface area contributed by atoms with Crippen molar-refractivity contribution in [1.82, 2.24) is 15.6 Å². The Kier molecular flexibility index (Phi) is 5.43. The van der Waals surface area contributed by atoms with E-state index in [2.05, 4.69) is 15.6 Å². The molecule has 0 radical (unpaired) electrons. The van der Waals surface area contributed by atoms with Crippen LogP contribution >= 0.6 is 0 Å². The molecule has 5 nitrogen and oxygen atoms in total. The van der Waals surface area contributed by atoms with Crippen LogP contribution in [0.5, 0.6) is 0 Å². The summed E-state index contributed by atoms with van der Waals surface area (Å²) in [4.78, 5) is 28.5. The minimum atomic E-state index is -0.549. The van der Waals surface area contributed by atoms with E-state index >= 15 is 0 Å². The van der Waals surface area contributed by atoms with Gasteiger partial charge in [0.25, 0.3) is 0 Å². The van der Waals surface area contributed by atoms with E-state index in [1.807, 2.05) is 30.3 Å². The Balaban J connectivity index is 1.59. The highest BCUT2D eigenvalue weighted by atomic mass is 16.2. The fourth-order valence-electron chi connectivity index (χ4n) is 3.15. The summed E-state index contributed by atoms with van der Waals surface area (Å²) in [6.45, 7) is 1.71. The summed E-state index contributed by atoms with van der Waals surface area (Å²) in [7, 11) is 0. The number of aromatic nitrogens is 1. The van der Waals surface area contributed by atoms with Crippen LogP contribution in [0.15, 0.2) is 42.6 Å². The normalized spacial score (nSPS) is 16.2. The van der Waals surface area contributed by atoms with Gasteiger partial charge in [0.1, 0.15) is 6.04 Å². The minimum Gasteiger partial charge on any atom is -0.352 e. The maximum absolute atomic E-state index is 12.1. The summed E-state index contributed by atoms with van der Waals surface area (Å²) in [5, 5.41) is 6.70. The highest BCUT2D eigenvalue weighted by Crippen LogP contribution is 2.18. The summed E-state index contributed by atoms with van der Waals surface area (Å²) in [6, 6.07) is 9.34. The van der Waals surface area contributed by atoms with Crippen LogP contribution in [0.1, 0.15) is 38.2 Å². The predicted molar refractivity (Wildman–Crippen MR) is 98.8 cm³/mol. The monoisotopic (exact) mass is 337 g/mol. The number of pyridine rings is 1. The van der Waals surface area contributed by atoms with E-state index < -0.39 is 6.04 Å². The number of nitrogens with one attached hydrogen (secondary N) is 2. The molecule has 0 bridgehead atoms. The number of carbonyl (C=O) groups excluding carboxylic acids is 2. The number of rotatable bonds is 5. The number of fused-ring (bicyclic) bond motifs is 1. The molecule has 5 heteroatoms. The molecule has 25 heavy (non-hydrogen) atoms. The van der Waals surface area contributed by atoms with Crippen LogP contribution in [-0.2, 0) is 9.59 Å². The van der Waals surface area contributed by atoms with Gasteiger partial charge in [-0.3, -0.25) is 14.6 Å². The average molecular weight is 337 g/mol. The van der Waals surface area contributed by atoms with E-state index in [9.17, 15) is 9.59 Å². The van der Waals surface area contributed by atoms with E-state index in [1.165, 1.54) is 6.08 Å². The number of hydrogen-bond acceptors (Lipinski definition) is 3. The second-order valence-corrected chi connectivity index (χ2v) is 6.47. The summed E-state index contributed by atoms with van der Waals surface area (Å²) in [5.74, 6) is -0.405. The molecule has 0 saturated heterocycles. The number of hydrogen-bond donors (Lipinski definition) is 2. The Morgan fingerprint density at radius 1 is 1.20 bits per heavy atom. The van der Waals surface area contributed by atoms with E-state index in [4.69, 9.17) is 0 Å². The molecule has 2 aromatic rings. The number of amides is 2. The van der Waals surface area contributed by atoms with Crippen LogP contribution in [0.25, 0.3) is 17.0 Å². The van der Waals surface area contributed by atoms with Gasteiger partial charge in [0.15, 0.2) is 0 Å². The second-order valence-electron chi connectivity index (χ2n) is 6.47. The summed E-state index contributed by atoms with van der Waals surface area (Å²) >= 11 is 0. The maximum atomic E-state index is 12.1. The first-order valence-electron chi connectivity index (χ1n) is 8.76. The predicted octanol–water partition coefficient (Wildman–Crippen LogP) is 2.81. The van der Waals surface area contributed by atoms with Crippen molar-refractivity contribution in [3.05, 3.63) is 48.2 Å². The van der Waals surface area contributed by atoms with Crippen LogP contribution in [0.2, 0.25) is 0 Å². The number of para-hydroxylation sites is 1. The van der Waals surface area contributed by atoms with Crippen LogP contribution in [-0.4, -0.2) is 28.9 Å². The van der Waals surface area contributed by atoms with Crippen LogP contribution in [0.4, 0.5) is 0 Å².